The molecule has 0 spiro atoms. The van der Waals surface area contributed by atoms with Crippen LogP contribution < -0.4 is 0 Å². The van der Waals surface area contributed by atoms with Gasteiger partial charge in [-0.25, -0.2) is 4.39 Å². The Morgan fingerprint density at radius 2 is 2.04 bits per heavy atom. The molecule has 0 bridgehead atoms. The molecule has 1 saturated carbocycles. The number of aliphatic hydroxyl groups is 1. The molecule has 1 aromatic carbocycles. The number of benzene rings is 1. The molecule has 0 unspecified atom stereocenters. The van der Waals surface area contributed by atoms with Crippen LogP contribution >= 0.6 is 0 Å². The van der Waals surface area contributed by atoms with Gasteiger partial charge in [0.05, 0.1) is 5.92 Å². The molecule has 1 fully saturated rings. The van der Waals surface area contributed by atoms with Crippen LogP contribution in [0, 0.1) is 23.1 Å². The third-order valence-corrected chi connectivity index (χ3v) is 6.41. The standard InChI is InChI=1S/C20H24F4N2O2/c1-4-18(2,3)13-8-9-16-15(11-13)19(28,20(22,23)24)26(25-16)17(27)12-6-5-7-14(21)10-12/h5-7,10,13,15,28H,4,8-9,11H2,1-3H3/t13-,15-,19-/m1/s1. The highest BCUT2D eigenvalue weighted by Gasteiger charge is 2.69. The zero-order chi connectivity index (χ0) is 20.9. The maximum absolute atomic E-state index is 14.0. The Morgan fingerprint density at radius 3 is 2.61 bits per heavy atom. The van der Waals surface area contributed by atoms with Crippen molar-refractivity contribution in [3.05, 3.63) is 35.6 Å². The second-order valence-corrected chi connectivity index (χ2v) is 8.31. The maximum Gasteiger partial charge on any atom is 0.439 e. The van der Waals surface area contributed by atoms with Gasteiger partial charge in [0.2, 0.25) is 0 Å². The normalized spacial score (nSPS) is 28.1. The largest absolute Gasteiger partial charge is 0.439 e. The van der Waals surface area contributed by atoms with Crippen LogP contribution in [0.3, 0.4) is 0 Å². The van der Waals surface area contributed by atoms with Gasteiger partial charge in [-0.1, -0.05) is 33.3 Å². The average molecular weight is 400 g/mol. The summed E-state index contributed by atoms with van der Waals surface area (Å²) >= 11 is 0. The van der Waals surface area contributed by atoms with Gasteiger partial charge in [-0.05, 0) is 48.8 Å². The topological polar surface area (TPSA) is 52.9 Å². The number of amides is 1. The average Bonchev–Trinajstić information content (AvgIpc) is 2.94. The number of fused-ring (bicyclic) bond motifs is 1. The fraction of sp³-hybridized carbons (Fsp3) is 0.600. The van der Waals surface area contributed by atoms with Crippen LogP contribution in [-0.4, -0.2) is 33.6 Å². The first-order chi connectivity index (χ1) is 12.9. The summed E-state index contributed by atoms with van der Waals surface area (Å²) in [7, 11) is 0. The van der Waals surface area contributed by atoms with Gasteiger partial charge in [-0.15, -0.1) is 0 Å². The maximum atomic E-state index is 14.0. The van der Waals surface area contributed by atoms with Crippen molar-refractivity contribution in [1.82, 2.24) is 5.01 Å². The number of alkyl halides is 3. The van der Waals surface area contributed by atoms with Crippen molar-refractivity contribution < 1.29 is 27.5 Å². The summed E-state index contributed by atoms with van der Waals surface area (Å²) in [6, 6.07) is 4.35. The second kappa shape index (κ2) is 6.83. The second-order valence-electron chi connectivity index (χ2n) is 8.31. The molecule has 4 nitrogen and oxygen atoms in total. The molecule has 154 valence electrons. The summed E-state index contributed by atoms with van der Waals surface area (Å²) in [4.78, 5) is 12.7. The van der Waals surface area contributed by atoms with Crippen LogP contribution in [0.5, 0.6) is 0 Å². The van der Waals surface area contributed by atoms with Gasteiger partial charge >= 0.3 is 6.18 Å². The van der Waals surface area contributed by atoms with Crippen LogP contribution in [0.1, 0.15) is 56.8 Å². The number of halogens is 4. The van der Waals surface area contributed by atoms with Crippen molar-refractivity contribution in [2.45, 2.75) is 58.4 Å². The molecule has 2 aliphatic rings. The summed E-state index contributed by atoms with van der Waals surface area (Å²) in [5, 5.41) is 14.8. The Hall–Kier alpha value is -1.96. The molecule has 3 rings (SSSR count). The highest BCUT2D eigenvalue weighted by Crippen LogP contribution is 2.52. The number of hydrogen-bond acceptors (Lipinski definition) is 3. The zero-order valence-electron chi connectivity index (χ0n) is 16.1. The Morgan fingerprint density at radius 1 is 1.36 bits per heavy atom. The van der Waals surface area contributed by atoms with E-state index in [0.29, 0.717) is 6.42 Å². The first-order valence-electron chi connectivity index (χ1n) is 9.38. The molecule has 1 aliphatic carbocycles. The summed E-state index contributed by atoms with van der Waals surface area (Å²) in [6.45, 7) is 5.97. The van der Waals surface area contributed by atoms with Crippen molar-refractivity contribution in [2.24, 2.45) is 22.4 Å². The van der Waals surface area contributed by atoms with Gasteiger partial charge in [0.15, 0.2) is 0 Å². The first kappa shape index (κ1) is 20.8. The number of rotatable bonds is 3. The molecule has 28 heavy (non-hydrogen) atoms. The van der Waals surface area contributed by atoms with E-state index < -0.39 is 29.5 Å². The molecule has 1 aromatic rings. The van der Waals surface area contributed by atoms with Gasteiger partial charge in [0, 0.05) is 11.3 Å². The fourth-order valence-electron chi connectivity index (χ4n) is 4.16. The predicted octanol–water partition coefficient (Wildman–Crippen LogP) is 4.74. The van der Waals surface area contributed by atoms with E-state index in [1.54, 1.807) is 0 Å². The third-order valence-electron chi connectivity index (χ3n) is 6.41. The zero-order valence-corrected chi connectivity index (χ0v) is 16.1. The first-order valence-corrected chi connectivity index (χ1v) is 9.38. The van der Waals surface area contributed by atoms with Crippen LogP contribution in [-0.2, 0) is 0 Å². The van der Waals surface area contributed by atoms with Crippen LogP contribution in [0.4, 0.5) is 17.6 Å². The van der Waals surface area contributed by atoms with Crippen molar-refractivity contribution in [3.63, 3.8) is 0 Å². The highest BCUT2D eigenvalue weighted by molar-refractivity contribution is 5.99. The number of carbonyl (C=O) groups is 1. The number of hydrazone groups is 1. The van der Waals surface area contributed by atoms with Crippen molar-refractivity contribution in [3.8, 4) is 0 Å². The molecule has 3 atom stereocenters. The van der Waals surface area contributed by atoms with E-state index in [1.807, 2.05) is 20.8 Å². The van der Waals surface area contributed by atoms with E-state index >= 15 is 0 Å². The van der Waals surface area contributed by atoms with Crippen LogP contribution in [0.15, 0.2) is 29.4 Å². The van der Waals surface area contributed by atoms with Crippen LogP contribution in [0.25, 0.3) is 0 Å². The lowest BCUT2D eigenvalue weighted by Crippen LogP contribution is -2.62. The Kier molecular flexibility index (Phi) is 5.06. The molecule has 1 N–H and O–H groups in total. The molecule has 0 radical (unpaired) electrons. The van der Waals surface area contributed by atoms with E-state index in [9.17, 15) is 27.5 Å². The molecule has 0 saturated heterocycles. The fourth-order valence-corrected chi connectivity index (χ4v) is 4.16. The summed E-state index contributed by atoms with van der Waals surface area (Å²) < 4.78 is 55.6. The minimum absolute atomic E-state index is 0.0421. The Bertz CT molecular complexity index is 806. The molecule has 8 heteroatoms. The number of nitrogens with zero attached hydrogens (tertiary/aromatic N) is 2. The molecular weight excluding hydrogens is 376 g/mol. The highest BCUT2D eigenvalue weighted by atomic mass is 19.4. The van der Waals surface area contributed by atoms with Gasteiger partial charge in [-0.3, -0.25) is 4.79 Å². The monoisotopic (exact) mass is 400 g/mol. The van der Waals surface area contributed by atoms with Gasteiger partial charge in [0.25, 0.3) is 11.6 Å². The van der Waals surface area contributed by atoms with E-state index in [0.717, 1.165) is 18.6 Å². The third kappa shape index (κ3) is 3.21. The van der Waals surface area contributed by atoms with Crippen molar-refractivity contribution in [1.29, 1.82) is 0 Å². The van der Waals surface area contributed by atoms with E-state index in [2.05, 4.69) is 5.10 Å². The number of carbonyl (C=O) groups excluding carboxylic acids is 1. The summed E-state index contributed by atoms with van der Waals surface area (Å²) in [5.41, 5.74) is -3.75. The van der Waals surface area contributed by atoms with Crippen LogP contribution in [0.2, 0.25) is 0 Å². The molecule has 1 aliphatic heterocycles. The van der Waals surface area contributed by atoms with Gasteiger partial charge < -0.3 is 5.11 Å². The Balaban J connectivity index is 2.01. The summed E-state index contributed by atoms with van der Waals surface area (Å²) in [5.74, 6) is -3.29. The summed E-state index contributed by atoms with van der Waals surface area (Å²) in [6.07, 6.45) is -3.31. The molecule has 1 amide bonds. The quantitative estimate of drug-likeness (QED) is 0.745. The SMILES string of the molecule is CCC(C)(C)[C@@H]1CCC2=NN(C(=O)c3cccc(F)c3)[C@](O)(C(F)(F)F)[C@@H]2C1. The smallest absolute Gasteiger partial charge is 0.362 e. The van der Waals surface area contributed by atoms with Crippen molar-refractivity contribution in [2.75, 3.05) is 0 Å². The minimum Gasteiger partial charge on any atom is -0.362 e. The molecule has 1 heterocycles. The van der Waals surface area contributed by atoms with Gasteiger partial charge in [0.1, 0.15) is 5.82 Å². The van der Waals surface area contributed by atoms with Gasteiger partial charge in [-0.2, -0.15) is 23.3 Å². The van der Waals surface area contributed by atoms with Crippen molar-refractivity contribution >= 4 is 11.6 Å². The Labute approximate surface area is 161 Å². The van der Waals surface area contributed by atoms with E-state index in [1.165, 1.54) is 12.1 Å². The lowest BCUT2D eigenvalue weighted by Gasteiger charge is -2.43. The number of hydrogen-bond donors (Lipinski definition) is 1. The van der Waals surface area contributed by atoms with E-state index in [4.69, 9.17) is 0 Å². The molecular formula is C20H24F4N2O2. The molecule has 0 aromatic heterocycles. The van der Waals surface area contributed by atoms with E-state index in [-0.39, 0.29) is 40.5 Å². The minimum atomic E-state index is -5.11. The lowest BCUT2D eigenvalue weighted by atomic mass is 9.64. The lowest BCUT2D eigenvalue weighted by molar-refractivity contribution is -0.314. The predicted molar refractivity (Wildman–Crippen MR) is 95.9 cm³/mol.